The second kappa shape index (κ2) is 10.1. The number of rotatable bonds is 4. The van der Waals surface area contributed by atoms with Gasteiger partial charge in [-0.3, -0.25) is 0 Å². The molecule has 0 bridgehead atoms. The number of nitrogens with zero attached hydrogens (tertiary/aromatic N) is 6. The zero-order valence-electron chi connectivity index (χ0n) is 20.8. The molecule has 9 nitrogen and oxygen atoms in total. The number of fused-ring (bicyclic) bond motifs is 1. The Morgan fingerprint density at radius 1 is 0.865 bits per heavy atom. The fraction of sp³-hybridized carbons (Fsp3) is 0.357. The Hall–Kier alpha value is -4.14. The van der Waals surface area contributed by atoms with E-state index in [4.69, 9.17) is 15.6 Å². The van der Waals surface area contributed by atoms with E-state index in [1.165, 1.54) is 12.7 Å². The van der Waals surface area contributed by atoms with E-state index < -0.39 is 0 Å². The smallest absolute Gasteiger partial charge is 0.320 e. The number of nitrogens with two attached hydrogens (primary N) is 1. The van der Waals surface area contributed by atoms with Crippen LogP contribution in [0.25, 0.3) is 22.3 Å². The van der Waals surface area contributed by atoms with Crippen molar-refractivity contribution in [2.75, 3.05) is 31.9 Å². The molecule has 6 rings (SSSR count). The monoisotopic (exact) mass is 497 g/mol. The molecular weight excluding hydrogens is 466 g/mol. The fourth-order valence-corrected chi connectivity index (χ4v) is 5.37. The molecule has 37 heavy (non-hydrogen) atoms. The number of amides is 2. The Balaban J connectivity index is 1.29. The minimum absolute atomic E-state index is 0.0220. The van der Waals surface area contributed by atoms with Gasteiger partial charge in [0.25, 0.3) is 0 Å². The van der Waals surface area contributed by atoms with Crippen LogP contribution in [0.15, 0.2) is 60.9 Å². The van der Waals surface area contributed by atoms with Crippen LogP contribution >= 0.6 is 0 Å². The SMILES string of the molecule is Nc1ncnc2c1c(-c1ccc(Oc3ccccc3)cc1)nn2[C@@H]1CCCN(C(=O)N2CCCCC2)C1. The van der Waals surface area contributed by atoms with Crippen LogP contribution in [0.3, 0.4) is 0 Å². The number of piperidine rings is 2. The van der Waals surface area contributed by atoms with Crippen LogP contribution in [-0.4, -0.2) is 61.8 Å². The van der Waals surface area contributed by atoms with Crippen LogP contribution in [0.2, 0.25) is 0 Å². The van der Waals surface area contributed by atoms with Crippen molar-refractivity contribution >= 4 is 22.9 Å². The van der Waals surface area contributed by atoms with Crippen molar-refractivity contribution in [3.8, 4) is 22.8 Å². The maximum Gasteiger partial charge on any atom is 0.320 e. The zero-order valence-corrected chi connectivity index (χ0v) is 20.8. The first-order chi connectivity index (χ1) is 18.2. The van der Waals surface area contributed by atoms with Gasteiger partial charge in [0.05, 0.1) is 11.4 Å². The number of urea groups is 1. The van der Waals surface area contributed by atoms with E-state index in [0.717, 1.165) is 73.5 Å². The Morgan fingerprint density at radius 3 is 2.38 bits per heavy atom. The predicted molar refractivity (Wildman–Crippen MR) is 142 cm³/mol. The molecule has 2 aromatic heterocycles. The van der Waals surface area contributed by atoms with E-state index >= 15 is 0 Å². The number of benzene rings is 2. The van der Waals surface area contributed by atoms with Crippen LogP contribution in [0.1, 0.15) is 38.1 Å². The maximum absolute atomic E-state index is 13.2. The number of carbonyl (C=O) groups is 1. The van der Waals surface area contributed by atoms with Crippen molar-refractivity contribution in [2.24, 2.45) is 0 Å². The lowest BCUT2D eigenvalue weighted by molar-refractivity contribution is 0.121. The first-order valence-corrected chi connectivity index (χ1v) is 13.0. The number of hydrogen-bond donors (Lipinski definition) is 1. The van der Waals surface area contributed by atoms with E-state index in [2.05, 4.69) is 9.97 Å². The minimum Gasteiger partial charge on any atom is -0.457 e. The quantitative estimate of drug-likeness (QED) is 0.420. The summed E-state index contributed by atoms with van der Waals surface area (Å²) in [7, 11) is 0. The van der Waals surface area contributed by atoms with Crippen LogP contribution < -0.4 is 10.5 Å². The minimum atomic E-state index is 0.0220. The van der Waals surface area contributed by atoms with E-state index in [1.807, 2.05) is 69.1 Å². The summed E-state index contributed by atoms with van der Waals surface area (Å²) >= 11 is 0. The highest BCUT2D eigenvalue weighted by molar-refractivity contribution is 5.98. The maximum atomic E-state index is 13.2. The molecule has 1 atom stereocenters. The molecule has 0 saturated carbocycles. The van der Waals surface area contributed by atoms with E-state index in [-0.39, 0.29) is 12.1 Å². The third-order valence-electron chi connectivity index (χ3n) is 7.26. The third-order valence-corrected chi connectivity index (χ3v) is 7.26. The largest absolute Gasteiger partial charge is 0.457 e. The Kier molecular flexibility index (Phi) is 6.34. The van der Waals surface area contributed by atoms with Gasteiger partial charge in [0.15, 0.2) is 5.65 Å². The second-order valence-electron chi connectivity index (χ2n) is 9.76. The first-order valence-electron chi connectivity index (χ1n) is 13.0. The molecular formula is C28H31N7O2. The number of hydrogen-bond acceptors (Lipinski definition) is 6. The van der Waals surface area contributed by atoms with Gasteiger partial charge in [-0.1, -0.05) is 18.2 Å². The van der Waals surface area contributed by atoms with Gasteiger partial charge in [0.2, 0.25) is 0 Å². The van der Waals surface area contributed by atoms with Crippen molar-refractivity contribution in [2.45, 2.75) is 38.1 Å². The van der Waals surface area contributed by atoms with Crippen LogP contribution in [-0.2, 0) is 0 Å². The van der Waals surface area contributed by atoms with E-state index in [9.17, 15) is 4.79 Å². The predicted octanol–water partition coefficient (Wildman–Crippen LogP) is 5.11. The van der Waals surface area contributed by atoms with Crippen molar-refractivity contribution in [1.29, 1.82) is 0 Å². The standard InChI is InChI=1S/C28H31N7O2/c29-26-24-25(20-11-13-23(14-12-20)37-22-9-3-1-4-10-22)32-35(27(24)31-19-30-26)21-8-7-17-34(18-21)28(36)33-15-5-2-6-16-33/h1,3-4,9-14,19,21H,2,5-8,15-18H2,(H2,29,30,31)/t21-/m1/s1. The summed E-state index contributed by atoms with van der Waals surface area (Å²) in [5.41, 5.74) is 8.68. The van der Waals surface area contributed by atoms with Gasteiger partial charge >= 0.3 is 6.03 Å². The summed E-state index contributed by atoms with van der Waals surface area (Å²) in [5.74, 6) is 1.92. The lowest BCUT2D eigenvalue weighted by Gasteiger charge is -2.37. The van der Waals surface area contributed by atoms with E-state index in [1.54, 1.807) is 0 Å². The molecule has 2 aromatic carbocycles. The number of ether oxygens (including phenoxy) is 1. The number of anilines is 1. The summed E-state index contributed by atoms with van der Waals surface area (Å²) in [6.07, 6.45) is 6.70. The summed E-state index contributed by atoms with van der Waals surface area (Å²) in [6.45, 7) is 3.09. The molecule has 2 fully saturated rings. The number of aromatic nitrogens is 4. The molecule has 2 amide bonds. The molecule has 4 aromatic rings. The van der Waals surface area contributed by atoms with Crippen molar-refractivity contribution < 1.29 is 9.53 Å². The first kappa shape index (κ1) is 23.3. The molecule has 4 heterocycles. The molecule has 2 aliphatic rings. The highest BCUT2D eigenvalue weighted by Gasteiger charge is 2.31. The van der Waals surface area contributed by atoms with Crippen LogP contribution in [0, 0.1) is 0 Å². The topological polar surface area (TPSA) is 102 Å². The Morgan fingerprint density at radius 2 is 1.59 bits per heavy atom. The summed E-state index contributed by atoms with van der Waals surface area (Å²) in [6, 6.07) is 17.6. The summed E-state index contributed by atoms with van der Waals surface area (Å²) < 4.78 is 7.90. The number of para-hydroxylation sites is 1. The van der Waals surface area contributed by atoms with Crippen molar-refractivity contribution in [3.63, 3.8) is 0 Å². The highest BCUT2D eigenvalue weighted by Crippen LogP contribution is 2.35. The number of carbonyl (C=O) groups excluding carboxylic acids is 1. The molecule has 0 aliphatic carbocycles. The van der Waals surface area contributed by atoms with Gasteiger partial charge in [-0.05, 0) is 68.5 Å². The Bertz CT molecular complexity index is 1380. The third kappa shape index (κ3) is 4.69. The molecule has 2 N–H and O–H groups in total. The fourth-order valence-electron chi connectivity index (χ4n) is 5.37. The van der Waals surface area contributed by atoms with Gasteiger partial charge in [0, 0.05) is 31.7 Å². The van der Waals surface area contributed by atoms with Gasteiger partial charge in [-0.15, -0.1) is 0 Å². The molecule has 2 saturated heterocycles. The van der Waals surface area contributed by atoms with Gasteiger partial charge in [-0.2, -0.15) is 5.10 Å². The number of nitrogen functional groups attached to an aromatic ring is 1. The van der Waals surface area contributed by atoms with Crippen LogP contribution in [0.4, 0.5) is 10.6 Å². The molecule has 0 radical (unpaired) electrons. The summed E-state index contributed by atoms with van der Waals surface area (Å²) in [5, 5.41) is 5.74. The normalized spacial score (nSPS) is 18.2. The average Bonchev–Trinajstić information content (AvgIpc) is 3.35. The highest BCUT2D eigenvalue weighted by atomic mass is 16.5. The molecule has 190 valence electrons. The van der Waals surface area contributed by atoms with Gasteiger partial charge < -0.3 is 20.3 Å². The number of likely N-dealkylation sites (tertiary alicyclic amines) is 2. The molecule has 9 heteroatoms. The van der Waals surface area contributed by atoms with E-state index in [0.29, 0.717) is 18.0 Å². The van der Waals surface area contributed by atoms with Gasteiger partial charge in [0.1, 0.15) is 29.3 Å². The molecule has 0 spiro atoms. The summed E-state index contributed by atoms with van der Waals surface area (Å²) in [4.78, 5) is 26.0. The van der Waals surface area contributed by atoms with Crippen molar-refractivity contribution in [1.82, 2.24) is 29.5 Å². The van der Waals surface area contributed by atoms with Crippen LogP contribution in [0.5, 0.6) is 11.5 Å². The molecule has 2 aliphatic heterocycles. The lowest BCUT2D eigenvalue weighted by atomic mass is 10.1. The lowest BCUT2D eigenvalue weighted by Crippen LogP contribution is -2.49. The average molecular weight is 498 g/mol. The Labute approximate surface area is 215 Å². The van der Waals surface area contributed by atoms with Gasteiger partial charge in [-0.25, -0.2) is 19.4 Å². The van der Waals surface area contributed by atoms with Crippen molar-refractivity contribution in [3.05, 3.63) is 60.9 Å². The zero-order chi connectivity index (χ0) is 25.2. The second-order valence-corrected chi connectivity index (χ2v) is 9.76. The molecule has 0 unspecified atom stereocenters.